The van der Waals surface area contributed by atoms with E-state index in [1.807, 2.05) is 18.2 Å². The van der Waals surface area contributed by atoms with Gasteiger partial charge in [0, 0.05) is 0 Å². The minimum Gasteiger partial charge on any atom is -0.344 e. The molecule has 14 nitrogen and oxygen atoms in total. The van der Waals surface area contributed by atoms with Crippen LogP contribution in [0.5, 0.6) is 0 Å². The molecule has 15 heteroatoms. The largest absolute Gasteiger partial charge is 1.90 e. The number of nitrogens with zero attached hydrogens (tertiary/aromatic N) is 4. The number of rotatable bonds is 3. The van der Waals surface area contributed by atoms with Crippen LogP contribution < -0.4 is 6.15 Å². The van der Waals surface area contributed by atoms with Gasteiger partial charge in [0.1, 0.15) is 0 Å². The van der Waals surface area contributed by atoms with Crippen LogP contribution in [-0.4, -0.2) is 36.8 Å². The van der Waals surface area contributed by atoms with E-state index in [2.05, 4.69) is 19.1 Å². The molecule has 0 unspecified atom stereocenters. The van der Waals surface area contributed by atoms with Gasteiger partial charge < -0.3 is 41.7 Å². The molecule has 1 aromatic carbocycles. The second-order valence-corrected chi connectivity index (χ2v) is 5.05. The summed E-state index contributed by atoms with van der Waals surface area (Å²) in [6.07, 6.45) is 0. The first kappa shape index (κ1) is 24.2. The molecule has 0 bridgehead atoms. The maximum absolute atomic E-state index is 9.57. The summed E-state index contributed by atoms with van der Waals surface area (Å²) in [7, 11) is 0. The van der Waals surface area contributed by atoms with Crippen molar-refractivity contribution >= 4 is 14.8 Å². The first-order valence-corrected chi connectivity index (χ1v) is 6.40. The lowest BCUT2D eigenvalue weighted by molar-refractivity contribution is -0.742. The van der Waals surface area contributed by atoms with E-state index in [0.29, 0.717) is 0 Å². The van der Waals surface area contributed by atoms with E-state index in [0.717, 1.165) is 0 Å². The molecule has 0 saturated carbocycles. The van der Waals surface area contributed by atoms with Gasteiger partial charge in [0.2, 0.25) is 0 Å². The van der Waals surface area contributed by atoms with Crippen molar-refractivity contribution < 1.29 is 22.0 Å². The van der Waals surface area contributed by atoms with Gasteiger partial charge in [-0.05, 0) is 18.6 Å². The van der Waals surface area contributed by atoms with E-state index in [1.54, 1.807) is 0 Å². The zero-order valence-electron chi connectivity index (χ0n) is 11.2. The van der Waals surface area contributed by atoms with Crippen molar-refractivity contribution in [3.63, 3.8) is 0 Å². The second kappa shape index (κ2) is 13.1. The summed E-state index contributed by atoms with van der Waals surface area (Å²) in [5.74, 6) is 0. The summed E-state index contributed by atoms with van der Waals surface area (Å²) < 4.78 is -4.33. The first-order chi connectivity index (χ1) is 9.59. The van der Waals surface area contributed by atoms with Crippen LogP contribution in [-0.2, 0) is 0 Å². The summed E-state index contributed by atoms with van der Waals surface area (Å²) in [6.45, 7) is 2.08. The van der Waals surface area contributed by atoms with Crippen LogP contribution in [0, 0.1) is 47.4 Å². The van der Waals surface area contributed by atoms with Crippen LogP contribution >= 0.6 is 0 Å². The van der Waals surface area contributed by atoms with Crippen LogP contribution in [0.15, 0.2) is 30.3 Å². The quantitative estimate of drug-likeness (QED) is 0.443. The van der Waals surface area contributed by atoms with E-state index < -0.39 is 31.6 Å². The molecule has 0 atom stereocenters. The summed E-state index contributed by atoms with van der Waals surface area (Å²) in [5.41, 5.74) is 1.32. The van der Waals surface area contributed by atoms with Crippen molar-refractivity contribution in [3.8, 4) is 0 Å². The highest BCUT2D eigenvalue weighted by atomic mass is 27.2. The highest BCUT2D eigenvalue weighted by molar-refractivity contribution is 6.30. The van der Waals surface area contributed by atoms with Crippen molar-refractivity contribution in [1.29, 1.82) is 0 Å². The van der Waals surface area contributed by atoms with Crippen LogP contribution in [0.2, 0.25) is 0 Å². The highest BCUT2D eigenvalue weighted by Gasteiger charge is 3.05. The van der Waals surface area contributed by atoms with Crippen molar-refractivity contribution in [2.45, 2.75) is 6.92 Å². The Balaban J connectivity index is -0.000000263. The third kappa shape index (κ3) is 15.2. The zero-order valence-corrected chi connectivity index (χ0v) is 12.3. The molecule has 22 heavy (non-hydrogen) atoms. The van der Waals surface area contributed by atoms with Gasteiger partial charge in [-0.2, -0.15) is 0 Å². The number of hydrogen-bond donors (Lipinski definition) is 2. The van der Waals surface area contributed by atoms with Crippen LogP contribution in [0.25, 0.3) is 0 Å². The summed E-state index contributed by atoms with van der Waals surface area (Å²) >= 11 is -4.29. The minimum absolute atomic E-state index is 0. The van der Waals surface area contributed by atoms with E-state index in [9.17, 15) is 30.3 Å². The Morgan fingerprint density at radius 2 is 1.14 bits per heavy atom. The normalized spacial score (nSPS) is 7.68. The summed E-state index contributed by atoms with van der Waals surface area (Å²) in [6, 6.07) is 10.3. The topological polar surface area (TPSA) is 228 Å². The monoisotopic (exact) mass is 337 g/mol. The molecular formula is C7H12AlN5O9. The molecular weight excluding hydrogens is 325 g/mol. The Hall–Kier alpha value is -2.89. The number of aryl methyl sites for hydroxylation is 1. The van der Waals surface area contributed by atoms with E-state index in [1.165, 1.54) is 5.56 Å². The molecule has 0 radical (unpaired) electrons. The van der Waals surface area contributed by atoms with Crippen molar-refractivity contribution in [1.82, 2.24) is 6.15 Å². The fourth-order valence-corrected chi connectivity index (χ4v) is 1.23. The molecule has 1 rings (SSSR count). The van der Waals surface area contributed by atoms with Crippen LogP contribution in [0.1, 0.15) is 5.56 Å². The summed E-state index contributed by atoms with van der Waals surface area (Å²) in [5, 5.41) is 42.3. The lowest BCUT2D eigenvalue weighted by Gasteiger charge is -1.82. The third-order valence-electron chi connectivity index (χ3n) is 1.51. The molecule has 0 saturated heterocycles. The van der Waals surface area contributed by atoms with Gasteiger partial charge in [0.05, 0.1) is 0 Å². The average Bonchev–Trinajstić information content (AvgIpc) is 2.27. The molecule has 0 aliphatic rings. The van der Waals surface area contributed by atoms with E-state index >= 15 is 0 Å². The van der Waals surface area contributed by atoms with Gasteiger partial charge in [0.25, 0.3) is 5.09 Å². The predicted octanol–water partition coefficient (Wildman–Crippen LogP) is 0.611. The number of hydrogen-bond acceptors (Lipinski definition) is 9. The van der Waals surface area contributed by atoms with Crippen LogP contribution in [0.4, 0.5) is 0 Å². The molecule has 0 heterocycles. The molecule has 0 aliphatic carbocycles. The molecule has 4 N–H and O–H groups in total. The van der Waals surface area contributed by atoms with Crippen molar-refractivity contribution in [2.75, 3.05) is 0 Å². The fraction of sp³-hybridized carbons (Fsp3) is 0.143. The fourth-order valence-electron chi connectivity index (χ4n) is 0.765. The SMILES string of the molecule is Cc1ccccc1.N.O=[N+]([O-])O.O=[N+]([O-])[Al]([N+](=O)[O-])[N+](=O)[O-]. The van der Waals surface area contributed by atoms with Gasteiger partial charge in [-0.15, -0.1) is 10.1 Å². The molecule has 0 aliphatic heterocycles. The molecule has 0 spiro atoms. The molecule has 122 valence electrons. The molecule has 0 aromatic heterocycles. The number of nitro groups is 3. The average molecular weight is 337 g/mol. The highest BCUT2D eigenvalue weighted by Crippen LogP contribution is 1.92. The van der Waals surface area contributed by atoms with Gasteiger partial charge >= 0.3 is 14.8 Å². The maximum Gasteiger partial charge on any atom is 1.90 e. The molecule has 1 aromatic rings. The Kier molecular flexibility index (Phi) is 14.4. The Bertz CT molecular complexity index is 461. The van der Waals surface area contributed by atoms with Crippen LogP contribution in [0.3, 0.4) is 0 Å². The Labute approximate surface area is 127 Å². The molecule has 0 fully saturated rings. The standard InChI is InChI=1S/C7H8.Al.HNO3.3NO2.H3N/c1-7-5-3-2-4-6-7;;2-1(3)4;3*2-1-3;/h2-6H,1H3;;(H,2,3,4);;;;1H3. The van der Waals surface area contributed by atoms with Crippen molar-refractivity contribution in [3.05, 3.63) is 76.4 Å². The predicted molar refractivity (Wildman–Crippen MR) is 71.7 cm³/mol. The Morgan fingerprint density at radius 3 is 1.23 bits per heavy atom. The lowest BCUT2D eigenvalue weighted by atomic mass is 10.2. The minimum atomic E-state index is -4.29. The van der Waals surface area contributed by atoms with E-state index in [4.69, 9.17) is 15.3 Å². The Morgan fingerprint density at radius 1 is 0.864 bits per heavy atom. The second-order valence-electron chi connectivity index (χ2n) is 3.10. The molecule has 0 amide bonds. The van der Waals surface area contributed by atoms with Gasteiger partial charge in [-0.1, -0.05) is 35.9 Å². The van der Waals surface area contributed by atoms with Gasteiger partial charge in [0.15, 0.2) is 0 Å². The van der Waals surface area contributed by atoms with E-state index in [-0.39, 0.29) is 6.15 Å². The first-order valence-electron chi connectivity index (χ1n) is 4.85. The summed E-state index contributed by atoms with van der Waals surface area (Å²) in [4.78, 5) is 37.1. The zero-order chi connectivity index (χ0) is 17.0. The van der Waals surface area contributed by atoms with Gasteiger partial charge in [-0.3, -0.25) is 0 Å². The maximum atomic E-state index is 9.57. The van der Waals surface area contributed by atoms with Gasteiger partial charge in [-0.25, -0.2) is 0 Å². The third-order valence-corrected chi connectivity index (χ3v) is 2.64. The lowest BCUT2D eigenvalue weighted by Crippen LogP contribution is -2.42. The smallest absolute Gasteiger partial charge is 0.344 e. The number of benzene rings is 1. The van der Waals surface area contributed by atoms with Crippen molar-refractivity contribution in [2.24, 2.45) is 0 Å².